The Hall–Kier alpha value is -0.290. The van der Waals surface area contributed by atoms with E-state index in [9.17, 15) is 0 Å². The molecular formula is C15H18BrNS2. The van der Waals surface area contributed by atoms with Crippen molar-refractivity contribution >= 4 is 39.0 Å². The lowest BCUT2D eigenvalue weighted by molar-refractivity contribution is 0.612. The second kappa shape index (κ2) is 7.48. The summed E-state index contributed by atoms with van der Waals surface area (Å²) in [6.45, 7) is 5.36. The molecule has 0 saturated heterocycles. The van der Waals surface area contributed by atoms with Crippen LogP contribution in [0, 0.1) is 6.92 Å². The Bertz CT molecular complexity index is 524. The van der Waals surface area contributed by atoms with Crippen LogP contribution in [0.1, 0.15) is 23.4 Å². The number of rotatable bonds is 6. The lowest BCUT2D eigenvalue weighted by Gasteiger charge is -2.17. The van der Waals surface area contributed by atoms with Gasteiger partial charge in [0.2, 0.25) is 0 Å². The van der Waals surface area contributed by atoms with Gasteiger partial charge in [-0.3, -0.25) is 0 Å². The van der Waals surface area contributed by atoms with Crippen molar-refractivity contribution in [2.45, 2.75) is 24.8 Å². The summed E-state index contributed by atoms with van der Waals surface area (Å²) in [4.78, 5) is 2.76. The standard InChI is InChI=1S/C15H18BrNS2/c1-3-17-13(15-11(2)8-9-18-15)10-19-14-7-5-4-6-12(14)16/h4-9,13,17H,3,10H2,1-2H3. The number of aryl methyl sites for hydroxylation is 1. The summed E-state index contributed by atoms with van der Waals surface area (Å²) in [6, 6.07) is 11.0. The summed E-state index contributed by atoms with van der Waals surface area (Å²) < 4.78 is 1.18. The van der Waals surface area contributed by atoms with Gasteiger partial charge >= 0.3 is 0 Å². The molecule has 0 saturated carbocycles. The van der Waals surface area contributed by atoms with Crippen LogP contribution in [0.4, 0.5) is 0 Å². The molecule has 0 aliphatic heterocycles. The van der Waals surface area contributed by atoms with Crippen LogP contribution < -0.4 is 5.32 Å². The predicted octanol–water partition coefficient (Wildman–Crippen LogP) is 5.26. The van der Waals surface area contributed by atoms with E-state index in [0.29, 0.717) is 6.04 Å². The zero-order valence-electron chi connectivity index (χ0n) is 11.2. The van der Waals surface area contributed by atoms with Crippen molar-refractivity contribution in [1.82, 2.24) is 5.32 Å². The number of halogens is 1. The van der Waals surface area contributed by atoms with Crippen LogP contribution in [-0.2, 0) is 0 Å². The van der Waals surface area contributed by atoms with Crippen LogP contribution in [0.3, 0.4) is 0 Å². The summed E-state index contributed by atoms with van der Waals surface area (Å²) in [5.74, 6) is 1.05. The SMILES string of the molecule is CCNC(CSc1ccccc1Br)c1sccc1C. The third-order valence-corrected chi connectivity index (χ3v) is 6.16. The average Bonchev–Trinajstić information content (AvgIpc) is 2.82. The molecule has 1 heterocycles. The number of benzene rings is 1. The van der Waals surface area contributed by atoms with Crippen LogP contribution in [-0.4, -0.2) is 12.3 Å². The van der Waals surface area contributed by atoms with E-state index in [1.807, 2.05) is 23.1 Å². The Balaban J connectivity index is 2.06. The first-order valence-electron chi connectivity index (χ1n) is 6.37. The minimum absolute atomic E-state index is 0.433. The molecule has 1 unspecified atom stereocenters. The molecule has 0 amide bonds. The fraction of sp³-hybridized carbons (Fsp3) is 0.333. The van der Waals surface area contributed by atoms with E-state index in [1.165, 1.54) is 19.8 Å². The number of thioether (sulfide) groups is 1. The van der Waals surface area contributed by atoms with Crippen molar-refractivity contribution in [3.05, 3.63) is 50.6 Å². The van der Waals surface area contributed by atoms with Gasteiger partial charge in [0.05, 0.1) is 6.04 Å². The van der Waals surface area contributed by atoms with Gasteiger partial charge in [0.1, 0.15) is 0 Å². The normalized spacial score (nSPS) is 12.6. The highest BCUT2D eigenvalue weighted by atomic mass is 79.9. The van der Waals surface area contributed by atoms with Crippen LogP contribution >= 0.6 is 39.0 Å². The van der Waals surface area contributed by atoms with E-state index in [0.717, 1.165) is 12.3 Å². The molecule has 4 heteroatoms. The van der Waals surface area contributed by atoms with Crippen molar-refractivity contribution in [3.63, 3.8) is 0 Å². The highest BCUT2D eigenvalue weighted by Crippen LogP contribution is 2.32. The Labute approximate surface area is 131 Å². The van der Waals surface area contributed by atoms with Gasteiger partial charge in [-0.15, -0.1) is 23.1 Å². The molecule has 0 spiro atoms. The molecule has 1 nitrogen and oxygen atoms in total. The number of thiophene rings is 1. The van der Waals surface area contributed by atoms with Crippen molar-refractivity contribution in [1.29, 1.82) is 0 Å². The largest absolute Gasteiger partial charge is 0.309 e. The summed E-state index contributed by atoms with van der Waals surface area (Å²) in [5.41, 5.74) is 1.39. The van der Waals surface area contributed by atoms with Crippen LogP contribution in [0.2, 0.25) is 0 Å². The molecule has 102 valence electrons. The summed E-state index contributed by atoms with van der Waals surface area (Å²) in [5, 5.41) is 5.77. The molecule has 2 aromatic rings. The molecule has 1 atom stereocenters. The third kappa shape index (κ3) is 4.09. The lowest BCUT2D eigenvalue weighted by Crippen LogP contribution is -2.22. The van der Waals surface area contributed by atoms with E-state index in [2.05, 4.69) is 70.8 Å². The maximum absolute atomic E-state index is 3.61. The number of hydrogen-bond donors (Lipinski definition) is 1. The molecule has 19 heavy (non-hydrogen) atoms. The smallest absolute Gasteiger partial charge is 0.0512 e. The second-order valence-electron chi connectivity index (χ2n) is 4.32. The van der Waals surface area contributed by atoms with Gasteiger partial charge in [0, 0.05) is 20.0 Å². The van der Waals surface area contributed by atoms with E-state index in [1.54, 1.807) is 0 Å². The van der Waals surface area contributed by atoms with Gasteiger partial charge in [-0.25, -0.2) is 0 Å². The monoisotopic (exact) mass is 355 g/mol. The van der Waals surface area contributed by atoms with E-state index >= 15 is 0 Å². The topological polar surface area (TPSA) is 12.0 Å². The molecule has 0 radical (unpaired) electrons. The molecule has 1 N–H and O–H groups in total. The first kappa shape index (κ1) is 15.1. The molecule has 0 bridgehead atoms. The molecule has 0 fully saturated rings. The molecule has 1 aromatic carbocycles. The van der Waals surface area contributed by atoms with Crippen LogP contribution in [0.15, 0.2) is 45.1 Å². The van der Waals surface area contributed by atoms with Gasteiger partial charge < -0.3 is 5.32 Å². The molecule has 1 aromatic heterocycles. The zero-order chi connectivity index (χ0) is 13.7. The summed E-state index contributed by atoms with van der Waals surface area (Å²) in [7, 11) is 0. The van der Waals surface area contributed by atoms with Gasteiger partial charge in [0.15, 0.2) is 0 Å². The number of hydrogen-bond acceptors (Lipinski definition) is 3. The quantitative estimate of drug-likeness (QED) is 0.709. The first-order valence-corrected chi connectivity index (χ1v) is 9.03. The minimum Gasteiger partial charge on any atom is -0.309 e. The van der Waals surface area contributed by atoms with Gasteiger partial charge in [-0.1, -0.05) is 19.1 Å². The summed E-state index contributed by atoms with van der Waals surface area (Å²) >= 11 is 7.36. The van der Waals surface area contributed by atoms with Crippen LogP contribution in [0.25, 0.3) is 0 Å². The number of nitrogens with one attached hydrogen (secondary N) is 1. The fourth-order valence-electron chi connectivity index (χ4n) is 1.95. The Morgan fingerprint density at radius 3 is 2.74 bits per heavy atom. The van der Waals surface area contributed by atoms with Crippen molar-refractivity contribution < 1.29 is 0 Å². The fourth-order valence-corrected chi connectivity index (χ4v) is 4.70. The highest BCUT2D eigenvalue weighted by Gasteiger charge is 2.15. The van der Waals surface area contributed by atoms with Gasteiger partial charge in [-0.05, 0) is 58.5 Å². The molecule has 0 aliphatic carbocycles. The maximum Gasteiger partial charge on any atom is 0.0512 e. The molecule has 0 aliphatic rings. The van der Waals surface area contributed by atoms with Crippen molar-refractivity contribution in [3.8, 4) is 0 Å². The Morgan fingerprint density at radius 1 is 1.32 bits per heavy atom. The van der Waals surface area contributed by atoms with E-state index < -0.39 is 0 Å². The van der Waals surface area contributed by atoms with Gasteiger partial charge in [0.25, 0.3) is 0 Å². The maximum atomic E-state index is 3.61. The first-order chi connectivity index (χ1) is 9.22. The van der Waals surface area contributed by atoms with Gasteiger partial charge in [-0.2, -0.15) is 0 Å². The highest BCUT2D eigenvalue weighted by molar-refractivity contribution is 9.10. The molecular weight excluding hydrogens is 338 g/mol. The summed E-state index contributed by atoms with van der Waals surface area (Å²) in [6.07, 6.45) is 0. The Morgan fingerprint density at radius 2 is 2.11 bits per heavy atom. The molecule has 2 rings (SSSR count). The predicted molar refractivity (Wildman–Crippen MR) is 90.3 cm³/mol. The zero-order valence-corrected chi connectivity index (χ0v) is 14.4. The van der Waals surface area contributed by atoms with E-state index in [-0.39, 0.29) is 0 Å². The average molecular weight is 356 g/mol. The van der Waals surface area contributed by atoms with Crippen LogP contribution in [0.5, 0.6) is 0 Å². The second-order valence-corrected chi connectivity index (χ2v) is 7.18. The third-order valence-electron chi connectivity index (χ3n) is 2.91. The Kier molecular flexibility index (Phi) is 5.95. The van der Waals surface area contributed by atoms with Crippen molar-refractivity contribution in [2.75, 3.05) is 12.3 Å². The minimum atomic E-state index is 0.433. The van der Waals surface area contributed by atoms with E-state index in [4.69, 9.17) is 0 Å². The van der Waals surface area contributed by atoms with Crippen molar-refractivity contribution in [2.24, 2.45) is 0 Å². The lowest BCUT2D eigenvalue weighted by atomic mass is 10.2.